The Morgan fingerprint density at radius 2 is 2.00 bits per heavy atom. The van der Waals surface area contributed by atoms with Gasteiger partial charge in [-0.2, -0.15) is 0 Å². The molecule has 104 valence electrons. The molecule has 2 heterocycles. The molecule has 0 bridgehead atoms. The molecule has 0 saturated heterocycles. The lowest BCUT2D eigenvalue weighted by atomic mass is 9.76. The number of nitrogens with zero attached hydrogens (tertiary/aromatic N) is 2. The van der Waals surface area contributed by atoms with E-state index in [2.05, 4.69) is 30.3 Å². The highest BCUT2D eigenvalue weighted by Crippen LogP contribution is 2.37. The van der Waals surface area contributed by atoms with E-state index in [1.165, 1.54) is 36.9 Å². The van der Waals surface area contributed by atoms with Crippen LogP contribution in [0.3, 0.4) is 0 Å². The molecule has 0 aromatic carbocycles. The molecule has 1 fully saturated rings. The van der Waals surface area contributed by atoms with Crippen LogP contribution in [0.15, 0.2) is 6.20 Å². The molecule has 19 heavy (non-hydrogen) atoms. The quantitative estimate of drug-likeness (QED) is 0.887. The molecule has 1 N–H and O–H groups in total. The van der Waals surface area contributed by atoms with Gasteiger partial charge >= 0.3 is 0 Å². The first-order chi connectivity index (χ1) is 9.24. The molecule has 0 amide bonds. The average molecular weight is 259 g/mol. The van der Waals surface area contributed by atoms with Gasteiger partial charge in [-0.25, -0.2) is 9.97 Å². The maximum Gasteiger partial charge on any atom is 0.131 e. The number of hydrogen-bond donors (Lipinski definition) is 1. The van der Waals surface area contributed by atoms with E-state index in [-0.39, 0.29) is 0 Å². The molecule has 1 aliphatic heterocycles. The minimum absolute atomic E-state index is 0.607. The number of rotatable bonds is 2. The van der Waals surface area contributed by atoms with E-state index < -0.39 is 0 Å². The van der Waals surface area contributed by atoms with Crippen molar-refractivity contribution in [2.24, 2.45) is 11.8 Å². The zero-order valence-corrected chi connectivity index (χ0v) is 12.2. The van der Waals surface area contributed by atoms with Crippen molar-refractivity contribution < 1.29 is 0 Å². The Hall–Kier alpha value is -0.960. The Balaban J connectivity index is 1.70. The molecule has 0 spiro atoms. The zero-order valence-electron chi connectivity index (χ0n) is 12.2. The van der Waals surface area contributed by atoms with Crippen molar-refractivity contribution in [2.75, 3.05) is 6.54 Å². The van der Waals surface area contributed by atoms with Crippen molar-refractivity contribution in [3.8, 4) is 0 Å². The average Bonchev–Trinajstić information content (AvgIpc) is 2.47. The predicted octanol–water partition coefficient (Wildman–Crippen LogP) is 3.05. The third kappa shape index (κ3) is 2.81. The van der Waals surface area contributed by atoms with Crippen molar-refractivity contribution in [3.05, 3.63) is 23.3 Å². The van der Waals surface area contributed by atoms with Crippen molar-refractivity contribution >= 4 is 0 Å². The van der Waals surface area contributed by atoms with E-state index in [4.69, 9.17) is 4.98 Å². The fourth-order valence-corrected chi connectivity index (χ4v) is 3.49. The van der Waals surface area contributed by atoms with Crippen LogP contribution < -0.4 is 5.32 Å². The van der Waals surface area contributed by atoms with Crippen LogP contribution in [0.25, 0.3) is 0 Å². The summed E-state index contributed by atoms with van der Waals surface area (Å²) in [6, 6.07) is 0. The van der Waals surface area contributed by atoms with Crippen molar-refractivity contribution in [1.82, 2.24) is 15.3 Å². The van der Waals surface area contributed by atoms with E-state index >= 15 is 0 Å². The first kappa shape index (κ1) is 13.0. The summed E-state index contributed by atoms with van der Waals surface area (Å²) in [5.74, 6) is 3.47. The normalized spacial score (nSPS) is 27.3. The number of fused-ring (bicyclic) bond motifs is 1. The maximum absolute atomic E-state index is 4.86. The lowest BCUT2D eigenvalue weighted by molar-refractivity contribution is 0.254. The van der Waals surface area contributed by atoms with Gasteiger partial charge in [0.2, 0.25) is 0 Å². The second kappa shape index (κ2) is 5.58. The highest BCUT2D eigenvalue weighted by atomic mass is 14.9. The van der Waals surface area contributed by atoms with Crippen LogP contribution in [0.1, 0.15) is 62.5 Å². The summed E-state index contributed by atoms with van der Waals surface area (Å²) in [6.07, 6.45) is 8.37. The van der Waals surface area contributed by atoms with Gasteiger partial charge in [-0.1, -0.05) is 13.8 Å². The summed E-state index contributed by atoms with van der Waals surface area (Å²) in [5, 5.41) is 3.38. The Bertz CT molecular complexity index is 434. The number of hydrogen-bond acceptors (Lipinski definition) is 3. The van der Waals surface area contributed by atoms with Gasteiger partial charge < -0.3 is 5.32 Å². The van der Waals surface area contributed by atoms with E-state index in [0.717, 1.165) is 37.2 Å². The van der Waals surface area contributed by atoms with Crippen LogP contribution in [0, 0.1) is 11.8 Å². The van der Waals surface area contributed by atoms with Crippen LogP contribution in [0.5, 0.6) is 0 Å². The number of nitrogens with one attached hydrogen (secondary N) is 1. The van der Waals surface area contributed by atoms with Gasteiger partial charge in [-0.05, 0) is 37.5 Å². The topological polar surface area (TPSA) is 37.8 Å². The standard InChI is InChI=1S/C16H25N3/c1-11(2)12-3-5-13(6-4-12)16-18-10-14-9-17-8-7-15(14)19-16/h10-13,17H,3-9H2,1-2H3. The summed E-state index contributed by atoms with van der Waals surface area (Å²) in [7, 11) is 0. The fourth-order valence-electron chi connectivity index (χ4n) is 3.49. The van der Waals surface area contributed by atoms with Gasteiger partial charge in [-0.15, -0.1) is 0 Å². The first-order valence-electron chi connectivity index (χ1n) is 7.79. The molecule has 3 rings (SSSR count). The molecule has 0 atom stereocenters. The maximum atomic E-state index is 4.86. The third-order valence-corrected chi connectivity index (χ3v) is 4.91. The summed E-state index contributed by atoms with van der Waals surface area (Å²) in [4.78, 5) is 9.49. The van der Waals surface area contributed by atoms with Gasteiger partial charge in [0.05, 0.1) is 0 Å². The van der Waals surface area contributed by atoms with E-state index in [9.17, 15) is 0 Å². The second-order valence-corrected chi connectivity index (χ2v) is 6.48. The molecular weight excluding hydrogens is 234 g/mol. The van der Waals surface area contributed by atoms with Crippen LogP contribution in [-0.4, -0.2) is 16.5 Å². The molecule has 3 nitrogen and oxygen atoms in total. The lowest BCUT2D eigenvalue weighted by Crippen LogP contribution is -2.26. The fraction of sp³-hybridized carbons (Fsp3) is 0.750. The molecular formula is C16H25N3. The Morgan fingerprint density at radius 3 is 2.74 bits per heavy atom. The molecule has 1 saturated carbocycles. The highest BCUT2D eigenvalue weighted by Gasteiger charge is 2.26. The smallest absolute Gasteiger partial charge is 0.131 e. The van der Waals surface area contributed by atoms with Crippen LogP contribution in [0.2, 0.25) is 0 Å². The lowest BCUT2D eigenvalue weighted by Gasteiger charge is -2.30. The molecule has 1 aromatic rings. The molecule has 2 aliphatic rings. The summed E-state index contributed by atoms with van der Waals surface area (Å²) in [5.41, 5.74) is 2.58. The summed E-state index contributed by atoms with van der Waals surface area (Å²) >= 11 is 0. The molecule has 1 aromatic heterocycles. The summed E-state index contributed by atoms with van der Waals surface area (Å²) in [6.45, 7) is 6.71. The number of aromatic nitrogens is 2. The van der Waals surface area contributed by atoms with Gasteiger partial charge in [0.25, 0.3) is 0 Å². The Morgan fingerprint density at radius 1 is 1.21 bits per heavy atom. The minimum Gasteiger partial charge on any atom is -0.312 e. The largest absolute Gasteiger partial charge is 0.312 e. The van der Waals surface area contributed by atoms with Crippen molar-refractivity contribution in [2.45, 2.75) is 58.4 Å². The van der Waals surface area contributed by atoms with Gasteiger partial charge in [-0.3, -0.25) is 0 Å². The van der Waals surface area contributed by atoms with Crippen LogP contribution in [0.4, 0.5) is 0 Å². The van der Waals surface area contributed by atoms with Gasteiger partial charge in [0, 0.05) is 42.9 Å². The van der Waals surface area contributed by atoms with E-state index in [1.54, 1.807) is 0 Å². The van der Waals surface area contributed by atoms with Gasteiger partial charge in [0.1, 0.15) is 5.82 Å². The van der Waals surface area contributed by atoms with Crippen LogP contribution >= 0.6 is 0 Å². The second-order valence-electron chi connectivity index (χ2n) is 6.48. The van der Waals surface area contributed by atoms with E-state index in [1.807, 2.05) is 0 Å². The van der Waals surface area contributed by atoms with Crippen molar-refractivity contribution in [3.63, 3.8) is 0 Å². The summed E-state index contributed by atoms with van der Waals surface area (Å²) < 4.78 is 0. The predicted molar refractivity (Wildman–Crippen MR) is 77.0 cm³/mol. The van der Waals surface area contributed by atoms with Gasteiger partial charge in [0.15, 0.2) is 0 Å². The molecule has 0 radical (unpaired) electrons. The Kier molecular flexibility index (Phi) is 3.83. The highest BCUT2D eigenvalue weighted by molar-refractivity contribution is 5.21. The third-order valence-electron chi connectivity index (χ3n) is 4.91. The minimum atomic E-state index is 0.607. The molecule has 0 unspecified atom stereocenters. The molecule has 1 aliphatic carbocycles. The Labute approximate surface area is 116 Å². The molecule has 3 heteroatoms. The monoisotopic (exact) mass is 259 g/mol. The van der Waals surface area contributed by atoms with Crippen molar-refractivity contribution in [1.29, 1.82) is 0 Å². The SMILES string of the molecule is CC(C)C1CCC(c2ncc3c(n2)CCNC3)CC1. The zero-order chi connectivity index (χ0) is 13.2. The van der Waals surface area contributed by atoms with E-state index in [0.29, 0.717) is 5.92 Å². The van der Waals surface area contributed by atoms with Crippen LogP contribution in [-0.2, 0) is 13.0 Å². The first-order valence-corrected chi connectivity index (χ1v) is 7.79.